The van der Waals surface area contributed by atoms with Gasteiger partial charge in [-0.1, -0.05) is 37.3 Å². The molecule has 0 bridgehead atoms. The van der Waals surface area contributed by atoms with Crippen LogP contribution in [0.25, 0.3) is 0 Å². The average Bonchev–Trinajstić information content (AvgIpc) is 2.53. The minimum absolute atomic E-state index is 0.113. The number of rotatable bonds is 6. The van der Waals surface area contributed by atoms with E-state index in [4.69, 9.17) is 9.47 Å². The van der Waals surface area contributed by atoms with Gasteiger partial charge in [-0.2, -0.15) is 0 Å². The van der Waals surface area contributed by atoms with Crippen molar-refractivity contribution in [1.29, 1.82) is 0 Å². The summed E-state index contributed by atoms with van der Waals surface area (Å²) in [5.41, 5.74) is 2.33. The Morgan fingerprint density at radius 2 is 1.75 bits per heavy atom. The summed E-state index contributed by atoms with van der Waals surface area (Å²) in [5.74, 6) is 1.63. The van der Waals surface area contributed by atoms with Gasteiger partial charge in [0.2, 0.25) is 0 Å². The third-order valence-corrected chi connectivity index (χ3v) is 3.29. The zero-order chi connectivity index (χ0) is 14.4. The summed E-state index contributed by atoms with van der Waals surface area (Å²) in [4.78, 5) is 0. The fourth-order valence-electron chi connectivity index (χ4n) is 2.31. The molecule has 0 aliphatic carbocycles. The van der Waals surface area contributed by atoms with Crippen LogP contribution in [0.15, 0.2) is 48.5 Å². The van der Waals surface area contributed by atoms with E-state index in [1.807, 2.05) is 18.2 Å². The van der Waals surface area contributed by atoms with Crippen molar-refractivity contribution in [2.45, 2.75) is 13.0 Å². The average molecular weight is 271 g/mol. The molecule has 2 rings (SSSR count). The van der Waals surface area contributed by atoms with Crippen molar-refractivity contribution in [2.75, 3.05) is 20.8 Å². The van der Waals surface area contributed by atoms with Gasteiger partial charge < -0.3 is 14.8 Å². The Balaban J connectivity index is 2.44. The van der Waals surface area contributed by atoms with Crippen LogP contribution in [0.1, 0.15) is 24.1 Å². The van der Waals surface area contributed by atoms with E-state index in [1.54, 1.807) is 14.2 Å². The molecule has 0 amide bonds. The van der Waals surface area contributed by atoms with Crippen molar-refractivity contribution in [3.8, 4) is 11.5 Å². The Bertz CT molecular complexity index is 540. The number of hydrogen-bond acceptors (Lipinski definition) is 3. The first-order valence-electron chi connectivity index (χ1n) is 6.80. The Morgan fingerprint density at radius 1 is 1.00 bits per heavy atom. The Hall–Kier alpha value is -2.00. The molecule has 2 aromatic carbocycles. The molecule has 0 aliphatic heterocycles. The maximum atomic E-state index is 5.52. The van der Waals surface area contributed by atoms with Crippen LogP contribution in [-0.2, 0) is 0 Å². The van der Waals surface area contributed by atoms with E-state index < -0.39 is 0 Å². The van der Waals surface area contributed by atoms with Crippen LogP contribution in [0.2, 0.25) is 0 Å². The molecule has 1 unspecified atom stereocenters. The fraction of sp³-hybridized carbons (Fsp3) is 0.294. The van der Waals surface area contributed by atoms with Gasteiger partial charge in [0.15, 0.2) is 0 Å². The quantitative estimate of drug-likeness (QED) is 0.873. The normalized spacial score (nSPS) is 11.9. The van der Waals surface area contributed by atoms with Gasteiger partial charge >= 0.3 is 0 Å². The second-order valence-electron chi connectivity index (χ2n) is 4.51. The molecule has 1 atom stereocenters. The van der Waals surface area contributed by atoms with E-state index in [1.165, 1.54) is 5.56 Å². The van der Waals surface area contributed by atoms with Gasteiger partial charge in [0.05, 0.1) is 20.3 Å². The zero-order valence-electron chi connectivity index (χ0n) is 12.2. The highest BCUT2D eigenvalue weighted by Crippen LogP contribution is 2.32. The first kappa shape index (κ1) is 14.4. The molecule has 20 heavy (non-hydrogen) atoms. The first-order chi connectivity index (χ1) is 9.80. The first-order valence-corrected chi connectivity index (χ1v) is 6.80. The van der Waals surface area contributed by atoms with Gasteiger partial charge in [0.1, 0.15) is 11.5 Å². The van der Waals surface area contributed by atoms with Gasteiger partial charge in [-0.3, -0.25) is 0 Å². The van der Waals surface area contributed by atoms with Crippen LogP contribution in [0.4, 0.5) is 0 Å². The minimum Gasteiger partial charge on any atom is -0.497 e. The summed E-state index contributed by atoms with van der Waals surface area (Å²) in [7, 11) is 3.35. The van der Waals surface area contributed by atoms with Gasteiger partial charge in [-0.05, 0) is 24.2 Å². The van der Waals surface area contributed by atoms with E-state index >= 15 is 0 Å². The fourth-order valence-corrected chi connectivity index (χ4v) is 2.31. The predicted octanol–water partition coefficient (Wildman–Crippen LogP) is 3.40. The third kappa shape index (κ3) is 3.11. The molecular formula is C17H21NO2. The Kier molecular flexibility index (Phi) is 5.02. The lowest BCUT2D eigenvalue weighted by molar-refractivity contribution is 0.387. The monoisotopic (exact) mass is 271 g/mol. The molecule has 0 saturated carbocycles. The predicted molar refractivity (Wildman–Crippen MR) is 81.5 cm³/mol. The Labute approximate surface area is 120 Å². The van der Waals surface area contributed by atoms with Crippen molar-refractivity contribution < 1.29 is 9.47 Å². The molecular weight excluding hydrogens is 250 g/mol. The summed E-state index contributed by atoms with van der Waals surface area (Å²) < 4.78 is 10.8. The van der Waals surface area contributed by atoms with Crippen LogP contribution in [-0.4, -0.2) is 20.8 Å². The summed E-state index contributed by atoms with van der Waals surface area (Å²) in [6.07, 6.45) is 0. The summed E-state index contributed by atoms with van der Waals surface area (Å²) in [5, 5.41) is 3.51. The van der Waals surface area contributed by atoms with Gasteiger partial charge in [-0.25, -0.2) is 0 Å². The highest BCUT2D eigenvalue weighted by atomic mass is 16.5. The number of nitrogens with one attached hydrogen (secondary N) is 1. The van der Waals surface area contributed by atoms with Crippen molar-refractivity contribution >= 4 is 0 Å². The molecule has 106 valence electrons. The van der Waals surface area contributed by atoms with Crippen molar-refractivity contribution in [1.82, 2.24) is 5.32 Å². The topological polar surface area (TPSA) is 30.5 Å². The molecule has 2 aromatic rings. The van der Waals surface area contributed by atoms with Crippen LogP contribution < -0.4 is 14.8 Å². The molecule has 0 saturated heterocycles. The molecule has 1 N–H and O–H groups in total. The van der Waals surface area contributed by atoms with Crippen molar-refractivity contribution in [2.24, 2.45) is 0 Å². The maximum absolute atomic E-state index is 5.52. The highest BCUT2D eigenvalue weighted by molar-refractivity contribution is 5.46. The van der Waals surface area contributed by atoms with Crippen LogP contribution in [0.5, 0.6) is 11.5 Å². The molecule has 0 spiro atoms. The molecule has 3 heteroatoms. The van der Waals surface area contributed by atoms with Crippen LogP contribution >= 0.6 is 0 Å². The molecule has 0 radical (unpaired) electrons. The lowest BCUT2D eigenvalue weighted by atomic mass is 9.97. The molecule has 0 aliphatic rings. The smallest absolute Gasteiger partial charge is 0.127 e. The van der Waals surface area contributed by atoms with Crippen LogP contribution in [0.3, 0.4) is 0 Å². The van der Waals surface area contributed by atoms with E-state index in [0.717, 1.165) is 23.6 Å². The Morgan fingerprint density at radius 3 is 2.35 bits per heavy atom. The summed E-state index contributed by atoms with van der Waals surface area (Å²) >= 11 is 0. The molecule has 0 aromatic heterocycles. The SMILES string of the molecule is CCNC(c1ccccc1)c1ccc(OC)cc1OC. The van der Waals surface area contributed by atoms with Gasteiger partial charge in [0, 0.05) is 11.6 Å². The molecule has 0 heterocycles. The van der Waals surface area contributed by atoms with E-state index in [-0.39, 0.29) is 6.04 Å². The lowest BCUT2D eigenvalue weighted by Crippen LogP contribution is -2.22. The van der Waals surface area contributed by atoms with Crippen LogP contribution in [0, 0.1) is 0 Å². The lowest BCUT2D eigenvalue weighted by Gasteiger charge is -2.21. The highest BCUT2D eigenvalue weighted by Gasteiger charge is 2.17. The second-order valence-corrected chi connectivity index (χ2v) is 4.51. The molecule has 3 nitrogen and oxygen atoms in total. The third-order valence-electron chi connectivity index (χ3n) is 3.29. The number of methoxy groups -OCH3 is 2. The van der Waals surface area contributed by atoms with E-state index in [2.05, 4.69) is 42.6 Å². The zero-order valence-corrected chi connectivity index (χ0v) is 12.2. The second kappa shape index (κ2) is 6.96. The summed E-state index contributed by atoms with van der Waals surface area (Å²) in [6, 6.07) is 16.4. The number of benzene rings is 2. The largest absolute Gasteiger partial charge is 0.497 e. The van der Waals surface area contributed by atoms with Gasteiger partial charge in [-0.15, -0.1) is 0 Å². The molecule has 0 fully saturated rings. The number of ether oxygens (including phenoxy) is 2. The van der Waals surface area contributed by atoms with Crippen molar-refractivity contribution in [3.63, 3.8) is 0 Å². The maximum Gasteiger partial charge on any atom is 0.127 e. The standard InChI is InChI=1S/C17H21NO2/c1-4-18-17(13-8-6-5-7-9-13)15-11-10-14(19-2)12-16(15)20-3/h5-12,17-18H,4H2,1-3H3. The van der Waals surface area contributed by atoms with Crippen molar-refractivity contribution in [3.05, 3.63) is 59.7 Å². The number of hydrogen-bond donors (Lipinski definition) is 1. The van der Waals surface area contributed by atoms with Gasteiger partial charge in [0.25, 0.3) is 0 Å². The minimum atomic E-state index is 0.113. The summed E-state index contributed by atoms with van der Waals surface area (Å²) in [6.45, 7) is 2.99. The van der Waals surface area contributed by atoms with E-state index in [9.17, 15) is 0 Å². The van der Waals surface area contributed by atoms with E-state index in [0.29, 0.717) is 0 Å².